The van der Waals surface area contributed by atoms with Crippen molar-refractivity contribution in [3.63, 3.8) is 0 Å². The van der Waals surface area contributed by atoms with Gasteiger partial charge in [-0.1, -0.05) is 0 Å². The van der Waals surface area contributed by atoms with Gasteiger partial charge in [0, 0.05) is 36.5 Å². The third-order valence-corrected chi connectivity index (χ3v) is 7.99. The van der Waals surface area contributed by atoms with E-state index >= 15 is 0 Å². The number of aryl methyl sites for hydroxylation is 3. The number of hydrazine groups is 1. The van der Waals surface area contributed by atoms with E-state index in [4.69, 9.17) is 12.2 Å². The molecule has 9 nitrogen and oxygen atoms in total. The van der Waals surface area contributed by atoms with Crippen molar-refractivity contribution in [2.75, 3.05) is 17.3 Å². The number of anilines is 2. The zero-order chi connectivity index (χ0) is 23.8. The third kappa shape index (κ3) is 5.35. The average Bonchev–Trinajstić information content (AvgIpc) is 3.71. The Labute approximate surface area is 208 Å². The first-order valence-corrected chi connectivity index (χ1v) is 13.2. The summed E-state index contributed by atoms with van der Waals surface area (Å²) in [6, 6.07) is 2.02. The molecule has 0 aliphatic heterocycles. The van der Waals surface area contributed by atoms with Gasteiger partial charge < -0.3 is 16.0 Å². The molecule has 34 heavy (non-hydrogen) atoms. The summed E-state index contributed by atoms with van der Waals surface area (Å²) in [6.45, 7) is 2.64. The summed E-state index contributed by atoms with van der Waals surface area (Å²) in [6.07, 6.45) is 6.65. The first kappa shape index (κ1) is 23.1. The van der Waals surface area contributed by atoms with E-state index in [1.165, 1.54) is 17.7 Å². The fourth-order valence-corrected chi connectivity index (χ4v) is 5.77. The summed E-state index contributed by atoms with van der Waals surface area (Å²) in [4.78, 5) is 26.8. The summed E-state index contributed by atoms with van der Waals surface area (Å²) in [5.74, 6) is 1.46. The van der Waals surface area contributed by atoms with Crippen molar-refractivity contribution >= 4 is 51.3 Å². The Morgan fingerprint density at radius 3 is 2.71 bits per heavy atom. The molecular formula is C23H31N7O2S2. The maximum absolute atomic E-state index is 13.2. The van der Waals surface area contributed by atoms with Gasteiger partial charge in [0.15, 0.2) is 5.11 Å². The second-order valence-electron chi connectivity index (χ2n) is 9.58. The van der Waals surface area contributed by atoms with Crippen molar-refractivity contribution in [2.45, 2.75) is 57.9 Å². The number of nitrogens with one attached hydrogen (secondary N) is 5. The number of aromatic nitrogens is 2. The van der Waals surface area contributed by atoms with E-state index in [0.29, 0.717) is 34.6 Å². The summed E-state index contributed by atoms with van der Waals surface area (Å²) in [7, 11) is 1.86. The molecule has 2 aromatic heterocycles. The maximum atomic E-state index is 13.2. The molecule has 0 spiro atoms. The van der Waals surface area contributed by atoms with Crippen LogP contribution in [0, 0.1) is 18.8 Å². The Hall–Kier alpha value is -2.66. The minimum atomic E-state index is -0.0786. The standard InChI is InChI=1S/C23H31N7O2S2/c1-12-9-18(30(2)29-12)27-28-23(33)25-15-7-8-17-16(10-15)19(21(32)24-11-13-3-4-13)22(34-17)26-20(31)14-5-6-14/h9,13-15,27H,3-8,10-11H2,1-2H3,(H,24,32)(H,26,31)(H2,25,28,33)/t15-/m1/s1. The first-order chi connectivity index (χ1) is 16.4. The molecule has 2 amide bonds. The molecule has 0 radical (unpaired) electrons. The number of thiocarbonyl (C=S) groups is 1. The normalized spacial score (nSPS) is 19.2. The van der Waals surface area contributed by atoms with Crippen LogP contribution < -0.4 is 26.8 Å². The Morgan fingerprint density at radius 2 is 2.03 bits per heavy atom. The van der Waals surface area contributed by atoms with Crippen LogP contribution in [0.4, 0.5) is 10.8 Å². The van der Waals surface area contributed by atoms with Crippen LogP contribution in [0.1, 0.15) is 58.6 Å². The highest BCUT2D eigenvalue weighted by Gasteiger charge is 2.34. The molecule has 2 fully saturated rings. The van der Waals surface area contributed by atoms with Crippen LogP contribution in [0.25, 0.3) is 0 Å². The number of hydrogen-bond donors (Lipinski definition) is 5. The number of amides is 2. The van der Waals surface area contributed by atoms with Crippen molar-refractivity contribution in [3.8, 4) is 0 Å². The lowest BCUT2D eigenvalue weighted by atomic mass is 9.91. The average molecular weight is 502 g/mol. The molecule has 0 aromatic carbocycles. The molecule has 0 unspecified atom stereocenters. The number of carbonyl (C=O) groups excluding carboxylic acids is 2. The van der Waals surface area contributed by atoms with Gasteiger partial charge in [-0.3, -0.25) is 25.1 Å². The summed E-state index contributed by atoms with van der Waals surface area (Å²) < 4.78 is 1.74. The van der Waals surface area contributed by atoms with Crippen molar-refractivity contribution < 1.29 is 9.59 Å². The highest BCUT2D eigenvalue weighted by Crippen LogP contribution is 2.40. The molecule has 2 heterocycles. The van der Waals surface area contributed by atoms with Gasteiger partial charge in [-0.05, 0) is 75.6 Å². The Bertz CT molecular complexity index is 1120. The quantitative estimate of drug-likeness (QED) is 0.279. The van der Waals surface area contributed by atoms with Gasteiger partial charge >= 0.3 is 0 Å². The van der Waals surface area contributed by atoms with Gasteiger partial charge in [0.05, 0.1) is 11.3 Å². The fraction of sp³-hybridized carbons (Fsp3) is 0.565. The highest BCUT2D eigenvalue weighted by molar-refractivity contribution is 7.80. The van der Waals surface area contributed by atoms with Gasteiger partial charge in [-0.25, -0.2) is 0 Å². The monoisotopic (exact) mass is 501 g/mol. The fourth-order valence-electron chi connectivity index (χ4n) is 4.31. The van der Waals surface area contributed by atoms with Gasteiger partial charge in [-0.2, -0.15) is 5.10 Å². The van der Waals surface area contributed by atoms with Crippen LogP contribution in [-0.2, 0) is 24.7 Å². The largest absolute Gasteiger partial charge is 0.358 e. The van der Waals surface area contributed by atoms with E-state index in [-0.39, 0.29) is 23.8 Å². The number of thiophene rings is 1. The second-order valence-corrected chi connectivity index (χ2v) is 11.1. The molecule has 5 rings (SSSR count). The van der Waals surface area contributed by atoms with E-state index < -0.39 is 0 Å². The lowest BCUT2D eigenvalue weighted by Crippen LogP contribution is -2.46. The number of hydrogen-bond acceptors (Lipinski definition) is 6. The van der Waals surface area contributed by atoms with Gasteiger partial charge in [0.1, 0.15) is 10.8 Å². The van der Waals surface area contributed by atoms with Crippen LogP contribution in [-0.4, -0.2) is 39.3 Å². The number of nitrogens with zero attached hydrogens (tertiary/aromatic N) is 2. The van der Waals surface area contributed by atoms with E-state index in [1.54, 1.807) is 16.0 Å². The summed E-state index contributed by atoms with van der Waals surface area (Å²) in [5, 5.41) is 15.0. The first-order valence-electron chi connectivity index (χ1n) is 11.9. The van der Waals surface area contributed by atoms with Crippen LogP contribution in [0.3, 0.4) is 0 Å². The predicted octanol–water partition coefficient (Wildman–Crippen LogP) is 2.63. The topological polar surface area (TPSA) is 112 Å². The molecule has 3 aliphatic carbocycles. The molecular weight excluding hydrogens is 470 g/mol. The van der Waals surface area contributed by atoms with Crippen LogP contribution in [0.5, 0.6) is 0 Å². The molecule has 2 saturated carbocycles. The lowest BCUT2D eigenvalue weighted by Gasteiger charge is -2.25. The molecule has 182 valence electrons. The molecule has 3 aliphatic rings. The van der Waals surface area contributed by atoms with Crippen molar-refractivity contribution in [2.24, 2.45) is 18.9 Å². The van der Waals surface area contributed by atoms with Gasteiger partial charge in [0.25, 0.3) is 5.91 Å². The number of fused-ring (bicyclic) bond motifs is 1. The van der Waals surface area contributed by atoms with Crippen molar-refractivity contribution in [1.29, 1.82) is 0 Å². The van der Waals surface area contributed by atoms with E-state index in [0.717, 1.165) is 42.8 Å². The summed E-state index contributed by atoms with van der Waals surface area (Å²) >= 11 is 7.05. The molecule has 2 aromatic rings. The van der Waals surface area contributed by atoms with E-state index in [1.807, 2.05) is 20.0 Å². The number of carbonyl (C=O) groups is 2. The molecule has 0 bridgehead atoms. The van der Waals surface area contributed by atoms with Crippen LogP contribution in [0.2, 0.25) is 0 Å². The SMILES string of the molecule is Cc1cc(NNC(=S)N[C@@H]2CCc3sc(NC(=O)C4CC4)c(C(=O)NCC4CC4)c3C2)n(C)n1. The van der Waals surface area contributed by atoms with E-state index in [9.17, 15) is 9.59 Å². The van der Waals surface area contributed by atoms with Gasteiger partial charge in [-0.15, -0.1) is 11.3 Å². The highest BCUT2D eigenvalue weighted by atomic mass is 32.1. The molecule has 0 saturated heterocycles. The second kappa shape index (κ2) is 9.53. The van der Waals surface area contributed by atoms with Crippen molar-refractivity contribution in [3.05, 3.63) is 27.8 Å². The zero-order valence-electron chi connectivity index (χ0n) is 19.5. The lowest BCUT2D eigenvalue weighted by molar-refractivity contribution is -0.117. The maximum Gasteiger partial charge on any atom is 0.254 e. The Balaban J connectivity index is 1.26. The molecule has 1 atom stereocenters. The predicted molar refractivity (Wildman–Crippen MR) is 137 cm³/mol. The Kier molecular flexibility index (Phi) is 6.48. The van der Waals surface area contributed by atoms with Gasteiger partial charge in [0.2, 0.25) is 5.91 Å². The number of rotatable bonds is 8. The van der Waals surface area contributed by atoms with Crippen LogP contribution in [0.15, 0.2) is 6.07 Å². The third-order valence-electron chi connectivity index (χ3n) is 6.56. The molecule has 11 heteroatoms. The minimum Gasteiger partial charge on any atom is -0.358 e. The van der Waals surface area contributed by atoms with Crippen molar-refractivity contribution in [1.82, 2.24) is 25.8 Å². The molecule has 5 N–H and O–H groups in total. The zero-order valence-corrected chi connectivity index (χ0v) is 21.1. The van der Waals surface area contributed by atoms with E-state index in [2.05, 4.69) is 31.9 Å². The Morgan fingerprint density at radius 1 is 1.24 bits per heavy atom. The smallest absolute Gasteiger partial charge is 0.254 e. The summed E-state index contributed by atoms with van der Waals surface area (Å²) in [5.41, 5.74) is 8.70. The van der Waals surface area contributed by atoms with Crippen LogP contribution >= 0.6 is 23.6 Å². The minimum absolute atomic E-state index is 0.0337.